The summed E-state index contributed by atoms with van der Waals surface area (Å²) in [6, 6.07) is 15.9. The van der Waals surface area contributed by atoms with Crippen LogP contribution in [0.2, 0.25) is 10.0 Å². The first-order chi connectivity index (χ1) is 16.3. The Bertz CT molecular complexity index is 1290. The van der Waals surface area contributed by atoms with Gasteiger partial charge in [-0.3, -0.25) is 4.79 Å². The molecule has 1 N–H and O–H groups in total. The lowest BCUT2D eigenvalue weighted by Gasteiger charge is -2.14. The van der Waals surface area contributed by atoms with E-state index < -0.39 is 5.91 Å². The fraction of sp³-hybridized carbons (Fsp3) is 0.120. The third-order valence-corrected chi connectivity index (χ3v) is 5.91. The molecule has 0 heterocycles. The Morgan fingerprint density at radius 3 is 2.56 bits per heavy atom. The molecule has 0 radical (unpaired) electrons. The minimum Gasteiger partial charge on any atom is -0.490 e. The van der Waals surface area contributed by atoms with Crippen molar-refractivity contribution in [2.45, 2.75) is 13.5 Å². The van der Waals surface area contributed by atoms with Gasteiger partial charge < -0.3 is 14.8 Å². The summed E-state index contributed by atoms with van der Waals surface area (Å²) in [6.45, 7) is 2.32. The number of nitrogens with zero attached hydrogens (tertiary/aromatic N) is 1. The second-order valence-electron chi connectivity index (χ2n) is 6.92. The topological polar surface area (TPSA) is 71.3 Å². The summed E-state index contributed by atoms with van der Waals surface area (Å²) in [5, 5.41) is 12.8. The van der Waals surface area contributed by atoms with Gasteiger partial charge in [0.2, 0.25) is 0 Å². The zero-order valence-electron chi connectivity index (χ0n) is 17.9. The first-order valence-electron chi connectivity index (χ1n) is 10.0. The van der Waals surface area contributed by atoms with Crippen molar-refractivity contribution in [3.05, 3.63) is 91.6 Å². The molecule has 0 fully saturated rings. The van der Waals surface area contributed by atoms with Crippen molar-refractivity contribution in [3.8, 4) is 17.6 Å². The molecular formula is C25H18BrCl2FN2O3. The van der Waals surface area contributed by atoms with Crippen LogP contribution in [0, 0.1) is 17.1 Å². The number of hydrogen-bond acceptors (Lipinski definition) is 4. The highest BCUT2D eigenvalue weighted by Crippen LogP contribution is 2.35. The van der Waals surface area contributed by atoms with Crippen molar-refractivity contribution in [2.24, 2.45) is 0 Å². The van der Waals surface area contributed by atoms with E-state index in [0.717, 1.165) is 0 Å². The van der Waals surface area contributed by atoms with Crippen LogP contribution >= 0.6 is 39.1 Å². The molecule has 1 amide bonds. The molecular weight excluding hydrogens is 546 g/mol. The summed E-state index contributed by atoms with van der Waals surface area (Å²) >= 11 is 15.3. The summed E-state index contributed by atoms with van der Waals surface area (Å²) in [5.74, 6) is -0.127. The molecule has 0 aromatic heterocycles. The van der Waals surface area contributed by atoms with E-state index in [1.54, 1.807) is 36.4 Å². The van der Waals surface area contributed by atoms with Crippen molar-refractivity contribution in [2.75, 3.05) is 11.9 Å². The van der Waals surface area contributed by atoms with Crippen molar-refractivity contribution in [1.82, 2.24) is 0 Å². The first-order valence-corrected chi connectivity index (χ1v) is 11.6. The highest BCUT2D eigenvalue weighted by atomic mass is 79.9. The Morgan fingerprint density at radius 1 is 1.12 bits per heavy atom. The van der Waals surface area contributed by atoms with E-state index in [1.807, 2.05) is 13.0 Å². The van der Waals surface area contributed by atoms with Gasteiger partial charge in [0.15, 0.2) is 11.5 Å². The minimum atomic E-state index is -0.614. The minimum absolute atomic E-state index is 0.134. The van der Waals surface area contributed by atoms with Gasteiger partial charge in [0.25, 0.3) is 5.91 Å². The summed E-state index contributed by atoms with van der Waals surface area (Å²) in [5.41, 5.74) is 1.45. The van der Waals surface area contributed by atoms with E-state index in [1.165, 1.54) is 24.3 Å². The molecule has 0 atom stereocenters. The highest BCUT2D eigenvalue weighted by Gasteiger charge is 2.15. The quantitative estimate of drug-likeness (QED) is 0.229. The molecule has 0 spiro atoms. The van der Waals surface area contributed by atoms with Crippen molar-refractivity contribution in [1.29, 1.82) is 5.26 Å². The fourth-order valence-corrected chi connectivity index (χ4v) is 3.64. The summed E-state index contributed by atoms with van der Waals surface area (Å²) in [7, 11) is 0. The first kappa shape index (κ1) is 25.6. The third kappa shape index (κ3) is 6.73. The Labute approximate surface area is 214 Å². The number of carbonyl (C=O) groups is 1. The molecule has 3 rings (SSSR count). The molecule has 0 aliphatic carbocycles. The normalized spacial score (nSPS) is 11.0. The number of nitrogens with one attached hydrogen (secondary N) is 1. The van der Waals surface area contributed by atoms with Crippen molar-refractivity contribution >= 4 is 56.8 Å². The van der Waals surface area contributed by atoms with Gasteiger partial charge in [-0.05, 0) is 66.6 Å². The zero-order chi connectivity index (χ0) is 24.7. The molecule has 3 aromatic carbocycles. The van der Waals surface area contributed by atoms with Crippen LogP contribution < -0.4 is 14.8 Å². The number of benzene rings is 3. The Balaban J connectivity index is 1.85. The number of carbonyl (C=O) groups excluding carboxylic acids is 1. The van der Waals surface area contributed by atoms with Crippen molar-refractivity contribution < 1.29 is 18.7 Å². The number of rotatable bonds is 8. The Morgan fingerprint density at radius 2 is 1.88 bits per heavy atom. The van der Waals surface area contributed by atoms with Gasteiger partial charge in [0.05, 0.1) is 16.7 Å². The number of nitriles is 1. The SMILES string of the molecule is CCOc1cc(/C=C(\C#N)C(=O)Nc2ccc(Cl)c(Cl)c2)c(Br)cc1OCc1cccc(F)c1. The lowest BCUT2D eigenvalue weighted by Crippen LogP contribution is -2.13. The van der Waals surface area contributed by atoms with Gasteiger partial charge in [-0.2, -0.15) is 5.26 Å². The number of amides is 1. The molecule has 34 heavy (non-hydrogen) atoms. The van der Waals surface area contributed by atoms with E-state index in [9.17, 15) is 14.4 Å². The molecule has 0 unspecified atom stereocenters. The largest absolute Gasteiger partial charge is 0.490 e. The molecule has 5 nitrogen and oxygen atoms in total. The monoisotopic (exact) mass is 562 g/mol. The zero-order valence-corrected chi connectivity index (χ0v) is 21.0. The standard InChI is InChI=1S/C25H18BrCl2FN2O3/c1-2-33-23-10-16(20(26)12-24(23)34-14-15-4-3-5-18(29)8-15)9-17(13-30)25(32)31-19-6-7-21(27)22(28)11-19/h3-12H,2,14H2,1H3,(H,31,32)/b17-9+. The van der Waals surface area contributed by atoms with E-state index in [4.69, 9.17) is 32.7 Å². The van der Waals surface area contributed by atoms with Crippen LogP contribution in [0.1, 0.15) is 18.1 Å². The smallest absolute Gasteiger partial charge is 0.266 e. The summed E-state index contributed by atoms with van der Waals surface area (Å²) < 4.78 is 25.5. The number of hydrogen-bond donors (Lipinski definition) is 1. The maximum atomic E-state index is 13.4. The van der Waals surface area contributed by atoms with E-state index in [2.05, 4.69) is 21.2 Å². The molecule has 174 valence electrons. The van der Waals surface area contributed by atoms with Crippen LogP contribution in [0.15, 0.2) is 64.6 Å². The average Bonchev–Trinajstić information content (AvgIpc) is 2.80. The maximum Gasteiger partial charge on any atom is 0.266 e. The van der Waals surface area contributed by atoms with E-state index >= 15 is 0 Å². The van der Waals surface area contributed by atoms with Crippen LogP contribution in [0.25, 0.3) is 6.08 Å². The Kier molecular flexibility index (Phi) is 8.94. The van der Waals surface area contributed by atoms with Crippen LogP contribution in [-0.2, 0) is 11.4 Å². The number of ether oxygens (including phenoxy) is 2. The van der Waals surface area contributed by atoms with Gasteiger partial charge in [-0.1, -0.05) is 51.3 Å². The average molecular weight is 564 g/mol. The van der Waals surface area contributed by atoms with Gasteiger partial charge in [-0.25, -0.2) is 4.39 Å². The lowest BCUT2D eigenvalue weighted by atomic mass is 10.1. The fourth-order valence-electron chi connectivity index (χ4n) is 2.91. The molecule has 0 aliphatic heterocycles. The Hall–Kier alpha value is -3.05. The molecule has 9 heteroatoms. The maximum absolute atomic E-state index is 13.4. The van der Waals surface area contributed by atoms with Gasteiger partial charge in [-0.15, -0.1) is 0 Å². The second kappa shape index (κ2) is 11.9. The number of halogens is 4. The van der Waals surface area contributed by atoms with E-state index in [0.29, 0.717) is 44.4 Å². The highest BCUT2D eigenvalue weighted by molar-refractivity contribution is 9.10. The molecule has 0 aliphatic rings. The molecule has 0 bridgehead atoms. The van der Waals surface area contributed by atoms with Crippen LogP contribution in [0.4, 0.5) is 10.1 Å². The summed E-state index contributed by atoms with van der Waals surface area (Å²) in [6.07, 6.45) is 1.43. The van der Waals surface area contributed by atoms with Crippen LogP contribution in [0.5, 0.6) is 11.5 Å². The third-order valence-electron chi connectivity index (χ3n) is 4.49. The van der Waals surface area contributed by atoms with Crippen molar-refractivity contribution in [3.63, 3.8) is 0 Å². The predicted octanol–water partition coefficient (Wildman–Crippen LogP) is 7.42. The van der Waals surface area contributed by atoms with Gasteiger partial charge >= 0.3 is 0 Å². The predicted molar refractivity (Wildman–Crippen MR) is 135 cm³/mol. The molecule has 0 saturated heterocycles. The van der Waals surface area contributed by atoms with Gasteiger partial charge in [0.1, 0.15) is 24.1 Å². The van der Waals surface area contributed by atoms with E-state index in [-0.39, 0.29) is 23.0 Å². The number of anilines is 1. The van der Waals surface area contributed by atoms with Gasteiger partial charge in [0, 0.05) is 10.2 Å². The van der Waals surface area contributed by atoms with Crippen LogP contribution in [-0.4, -0.2) is 12.5 Å². The molecule has 0 saturated carbocycles. The van der Waals surface area contributed by atoms with Crippen LogP contribution in [0.3, 0.4) is 0 Å². The second-order valence-corrected chi connectivity index (χ2v) is 8.59. The summed E-state index contributed by atoms with van der Waals surface area (Å²) in [4.78, 5) is 12.6. The lowest BCUT2D eigenvalue weighted by molar-refractivity contribution is -0.112. The molecule has 3 aromatic rings.